The van der Waals surface area contributed by atoms with E-state index in [2.05, 4.69) is 140 Å². The molecule has 3 heteroatoms. The van der Waals surface area contributed by atoms with Crippen LogP contribution in [-0.4, -0.2) is 15.0 Å². The van der Waals surface area contributed by atoms with Crippen molar-refractivity contribution in [2.24, 2.45) is 0 Å². The minimum Gasteiger partial charge on any atom is -0.212 e. The molecule has 2 aliphatic rings. The molecule has 234 valence electrons. The van der Waals surface area contributed by atoms with Gasteiger partial charge in [0.05, 0.1) is 5.92 Å². The average Bonchev–Trinajstić information content (AvgIpc) is 3.70. The van der Waals surface area contributed by atoms with E-state index < -0.39 is 0 Å². The zero-order valence-corrected chi connectivity index (χ0v) is 27.2. The van der Waals surface area contributed by atoms with Gasteiger partial charge in [0, 0.05) is 17.0 Å². The molecular weight excluding hydrogens is 607 g/mol. The molecule has 2 unspecified atom stereocenters. The van der Waals surface area contributed by atoms with Crippen molar-refractivity contribution in [3.05, 3.63) is 210 Å². The van der Waals surface area contributed by atoms with E-state index in [4.69, 9.17) is 15.0 Å². The van der Waals surface area contributed by atoms with Crippen LogP contribution in [0.15, 0.2) is 176 Å². The Bertz CT molecular complexity index is 2480. The molecule has 0 radical (unpaired) electrons. The monoisotopic (exact) mass is 637 g/mol. The third kappa shape index (κ3) is 4.62. The Balaban J connectivity index is 1.19. The van der Waals surface area contributed by atoms with E-state index in [1.54, 1.807) is 0 Å². The fourth-order valence-corrected chi connectivity index (χ4v) is 8.02. The maximum absolute atomic E-state index is 5.24. The normalized spacial score (nSPS) is 15.2. The molecule has 0 bridgehead atoms. The van der Waals surface area contributed by atoms with Crippen molar-refractivity contribution < 1.29 is 0 Å². The van der Waals surface area contributed by atoms with E-state index in [9.17, 15) is 0 Å². The number of benzene rings is 7. The molecule has 8 aromatic rings. The Morgan fingerprint density at radius 2 is 0.780 bits per heavy atom. The molecule has 1 heterocycles. The quantitative estimate of drug-likeness (QED) is 0.188. The lowest BCUT2D eigenvalue weighted by atomic mass is 9.85. The minimum atomic E-state index is -0.139. The smallest absolute Gasteiger partial charge is 0.163 e. The summed E-state index contributed by atoms with van der Waals surface area (Å²) in [6.07, 6.45) is 0. The van der Waals surface area contributed by atoms with Crippen LogP contribution in [0.3, 0.4) is 0 Å². The molecule has 0 saturated heterocycles. The summed E-state index contributed by atoms with van der Waals surface area (Å²) in [4.78, 5) is 15.5. The highest BCUT2D eigenvalue weighted by Gasteiger charge is 2.37. The highest BCUT2D eigenvalue weighted by atomic mass is 15.0. The second kappa shape index (κ2) is 11.6. The van der Waals surface area contributed by atoms with Gasteiger partial charge in [-0.25, -0.2) is 15.0 Å². The summed E-state index contributed by atoms with van der Waals surface area (Å²) in [5, 5.41) is 0. The molecule has 1 aromatic heterocycles. The summed E-state index contributed by atoms with van der Waals surface area (Å²) in [5.74, 6) is 2.10. The van der Waals surface area contributed by atoms with E-state index in [0.29, 0.717) is 11.6 Å². The minimum absolute atomic E-state index is 0.109. The zero-order valence-electron chi connectivity index (χ0n) is 27.2. The van der Waals surface area contributed by atoms with Crippen molar-refractivity contribution in [1.82, 2.24) is 15.0 Å². The van der Waals surface area contributed by atoms with E-state index in [-0.39, 0.29) is 11.8 Å². The SMILES string of the molecule is c1ccc(-c2cccc(C3c4ccccc4-c4cc5c(cc43)C(c3nc(-c4ccccc4)nc(-c4ccccc4)n3)c3ccccc3-5)c2)cc1. The van der Waals surface area contributed by atoms with Crippen molar-refractivity contribution in [3.8, 4) is 56.2 Å². The van der Waals surface area contributed by atoms with Gasteiger partial charge in [0.2, 0.25) is 0 Å². The number of hydrogen-bond acceptors (Lipinski definition) is 3. The van der Waals surface area contributed by atoms with E-state index in [0.717, 1.165) is 17.0 Å². The third-order valence-corrected chi connectivity index (χ3v) is 10.3. The topological polar surface area (TPSA) is 38.7 Å². The van der Waals surface area contributed by atoms with Crippen LogP contribution in [0.1, 0.15) is 45.5 Å². The second-order valence-electron chi connectivity index (χ2n) is 13.1. The first-order valence-corrected chi connectivity index (χ1v) is 17.2. The molecule has 0 fully saturated rings. The first-order chi connectivity index (χ1) is 24.8. The summed E-state index contributed by atoms with van der Waals surface area (Å²) in [6.45, 7) is 0. The van der Waals surface area contributed by atoms with Crippen molar-refractivity contribution in [3.63, 3.8) is 0 Å². The highest BCUT2D eigenvalue weighted by Crippen LogP contribution is 2.55. The largest absolute Gasteiger partial charge is 0.212 e. The van der Waals surface area contributed by atoms with E-state index in [1.807, 2.05) is 36.4 Å². The lowest BCUT2D eigenvalue weighted by Crippen LogP contribution is -2.10. The standard InChI is InChI=1S/C47H31N3/c1-4-15-30(16-5-1)33-21-14-22-34(27-33)43-37-25-12-10-23-35(37)39-28-40-36-24-11-13-26-38(36)44(42(40)29-41(39)43)47-49-45(31-17-6-2-7-18-31)48-46(50-47)32-19-8-3-9-20-32/h1-29,43-44H. The number of nitrogens with zero attached hydrogens (tertiary/aromatic N) is 3. The molecule has 7 aromatic carbocycles. The van der Waals surface area contributed by atoms with Gasteiger partial charge in [0.15, 0.2) is 11.6 Å². The van der Waals surface area contributed by atoms with Crippen molar-refractivity contribution in [1.29, 1.82) is 0 Å². The number of aromatic nitrogens is 3. The molecule has 0 spiro atoms. The summed E-state index contributed by atoms with van der Waals surface area (Å²) >= 11 is 0. The Labute approximate surface area is 291 Å². The maximum atomic E-state index is 5.24. The average molecular weight is 638 g/mol. The summed E-state index contributed by atoms with van der Waals surface area (Å²) in [6, 6.07) is 62.8. The van der Waals surface area contributed by atoms with Gasteiger partial charge >= 0.3 is 0 Å². The first-order valence-electron chi connectivity index (χ1n) is 17.2. The summed E-state index contributed by atoms with van der Waals surface area (Å²) < 4.78 is 0. The molecule has 50 heavy (non-hydrogen) atoms. The maximum Gasteiger partial charge on any atom is 0.163 e. The molecular formula is C47H31N3. The van der Waals surface area contributed by atoms with Gasteiger partial charge in [-0.15, -0.1) is 0 Å². The lowest BCUT2D eigenvalue weighted by molar-refractivity contribution is 0.853. The molecule has 0 saturated carbocycles. The fourth-order valence-electron chi connectivity index (χ4n) is 8.02. The predicted molar refractivity (Wildman–Crippen MR) is 202 cm³/mol. The van der Waals surface area contributed by atoms with E-state index in [1.165, 1.54) is 61.2 Å². The molecule has 0 aliphatic heterocycles. The number of hydrogen-bond donors (Lipinski definition) is 0. The second-order valence-corrected chi connectivity index (χ2v) is 13.1. The van der Waals surface area contributed by atoms with Gasteiger partial charge in [-0.1, -0.05) is 170 Å². The Hall–Kier alpha value is -6.45. The number of rotatable bonds is 5. The van der Waals surface area contributed by atoms with Crippen LogP contribution in [0, 0.1) is 0 Å². The molecule has 2 atom stereocenters. The van der Waals surface area contributed by atoms with Crippen LogP contribution in [0.25, 0.3) is 56.2 Å². The lowest BCUT2D eigenvalue weighted by Gasteiger charge is -2.19. The van der Waals surface area contributed by atoms with Gasteiger partial charge in [-0.3, -0.25) is 0 Å². The Morgan fingerprint density at radius 3 is 1.38 bits per heavy atom. The van der Waals surface area contributed by atoms with Gasteiger partial charge in [0.25, 0.3) is 0 Å². The molecule has 0 amide bonds. The van der Waals surface area contributed by atoms with Gasteiger partial charge < -0.3 is 0 Å². The van der Waals surface area contributed by atoms with Crippen LogP contribution in [0.5, 0.6) is 0 Å². The molecule has 10 rings (SSSR count). The van der Waals surface area contributed by atoms with Crippen LogP contribution < -0.4 is 0 Å². The van der Waals surface area contributed by atoms with Crippen LogP contribution in [0.2, 0.25) is 0 Å². The number of fused-ring (bicyclic) bond motifs is 6. The highest BCUT2D eigenvalue weighted by molar-refractivity contribution is 5.90. The van der Waals surface area contributed by atoms with Crippen LogP contribution >= 0.6 is 0 Å². The van der Waals surface area contributed by atoms with Crippen molar-refractivity contribution >= 4 is 0 Å². The van der Waals surface area contributed by atoms with Gasteiger partial charge in [0.1, 0.15) is 5.82 Å². The van der Waals surface area contributed by atoms with Crippen LogP contribution in [0.4, 0.5) is 0 Å². The first kappa shape index (κ1) is 28.6. The Kier molecular flexibility index (Phi) is 6.63. The summed E-state index contributed by atoms with van der Waals surface area (Å²) in [5.41, 5.74) is 15.9. The fraction of sp³-hybridized carbons (Fsp3) is 0.0426. The predicted octanol–water partition coefficient (Wildman–Crippen LogP) is 11.2. The molecule has 2 aliphatic carbocycles. The molecule has 0 N–H and O–H groups in total. The Morgan fingerprint density at radius 1 is 0.300 bits per heavy atom. The zero-order chi connectivity index (χ0) is 33.0. The summed E-state index contributed by atoms with van der Waals surface area (Å²) in [7, 11) is 0. The van der Waals surface area contributed by atoms with Gasteiger partial charge in [-0.05, 0) is 67.3 Å². The van der Waals surface area contributed by atoms with Crippen molar-refractivity contribution in [2.75, 3.05) is 0 Å². The van der Waals surface area contributed by atoms with Gasteiger partial charge in [-0.2, -0.15) is 0 Å². The third-order valence-electron chi connectivity index (χ3n) is 10.3. The van der Waals surface area contributed by atoms with Crippen LogP contribution in [-0.2, 0) is 0 Å². The molecule has 3 nitrogen and oxygen atoms in total. The van der Waals surface area contributed by atoms with E-state index >= 15 is 0 Å². The van der Waals surface area contributed by atoms with Crippen molar-refractivity contribution in [2.45, 2.75) is 11.8 Å².